The molecule has 2 saturated heterocycles. The van der Waals surface area contributed by atoms with Crippen LogP contribution in [0.1, 0.15) is 26.0 Å². The molecule has 5 atom stereocenters. The second-order valence-electron chi connectivity index (χ2n) is 7.43. The lowest BCUT2D eigenvalue weighted by molar-refractivity contribution is -0.0335. The normalized spacial score (nSPS) is 28.7. The van der Waals surface area contributed by atoms with E-state index >= 15 is 0 Å². The molecule has 0 aromatic carbocycles. The fraction of sp³-hybridized carbons (Fsp3) is 0.667. The zero-order valence-electron chi connectivity index (χ0n) is 16.7. The number of hydrogen-bond donors (Lipinski definition) is 5. The van der Waals surface area contributed by atoms with Crippen molar-refractivity contribution < 1.29 is 24.5 Å². The molecule has 0 spiro atoms. The summed E-state index contributed by atoms with van der Waals surface area (Å²) >= 11 is 0. The molecule has 30 heavy (non-hydrogen) atoms. The van der Waals surface area contributed by atoms with Gasteiger partial charge in [-0.25, -0.2) is 19.7 Å². The number of nitrogens with one attached hydrogen (secondary N) is 3. The van der Waals surface area contributed by atoms with Gasteiger partial charge < -0.3 is 35.6 Å². The fourth-order valence-electron chi connectivity index (χ4n) is 3.61. The molecule has 2 aromatic rings. The van der Waals surface area contributed by atoms with Crippen molar-refractivity contribution >= 4 is 23.0 Å². The Morgan fingerprint density at radius 2 is 2.13 bits per heavy atom. The smallest absolute Gasteiger partial charge is 0.314 e. The Hall–Kier alpha value is -2.54. The van der Waals surface area contributed by atoms with Crippen LogP contribution in [-0.4, -0.2) is 86.4 Å². The van der Waals surface area contributed by atoms with Crippen LogP contribution in [0.15, 0.2) is 12.7 Å². The predicted octanol–water partition coefficient (Wildman–Crippen LogP) is -0.644. The molecular formula is C18H27N7O5. The number of carbonyl (C=O) groups is 1. The van der Waals surface area contributed by atoms with Gasteiger partial charge in [0.2, 0.25) is 0 Å². The number of carbonyl (C=O) groups excluding carboxylic acids is 1. The maximum atomic E-state index is 11.7. The van der Waals surface area contributed by atoms with Gasteiger partial charge in [0.15, 0.2) is 23.2 Å². The average Bonchev–Trinajstić information content (AvgIpc) is 3.47. The van der Waals surface area contributed by atoms with Gasteiger partial charge in [0.1, 0.15) is 24.6 Å². The minimum Gasteiger partial charge on any atom is -0.387 e. The summed E-state index contributed by atoms with van der Waals surface area (Å²) in [7, 11) is 0. The average molecular weight is 421 g/mol. The van der Waals surface area contributed by atoms with Gasteiger partial charge in [0.25, 0.3) is 0 Å². The molecule has 2 amide bonds. The van der Waals surface area contributed by atoms with Crippen molar-refractivity contribution in [1.82, 2.24) is 30.2 Å². The first-order valence-corrected chi connectivity index (χ1v) is 10.1. The molecule has 0 radical (unpaired) electrons. The van der Waals surface area contributed by atoms with Crippen LogP contribution >= 0.6 is 0 Å². The number of rotatable bonds is 7. The van der Waals surface area contributed by atoms with Crippen LogP contribution in [-0.2, 0) is 9.47 Å². The number of ether oxygens (including phenoxy) is 2. The van der Waals surface area contributed by atoms with Crippen molar-refractivity contribution in [3.63, 3.8) is 0 Å². The van der Waals surface area contributed by atoms with E-state index in [0.717, 1.165) is 12.8 Å². The number of anilines is 1. The monoisotopic (exact) mass is 421 g/mol. The summed E-state index contributed by atoms with van der Waals surface area (Å²) < 4.78 is 12.8. The maximum Gasteiger partial charge on any atom is 0.314 e. The molecule has 0 saturated carbocycles. The second-order valence-corrected chi connectivity index (χ2v) is 7.43. The summed E-state index contributed by atoms with van der Waals surface area (Å²) in [6, 6.07) is -0.198. The number of hydrogen-bond acceptors (Lipinski definition) is 9. The Bertz CT molecular complexity index is 872. The van der Waals surface area contributed by atoms with Gasteiger partial charge in [-0.3, -0.25) is 4.57 Å². The second kappa shape index (κ2) is 9.08. The molecule has 2 aliphatic heterocycles. The molecule has 12 heteroatoms. The largest absolute Gasteiger partial charge is 0.387 e. The van der Waals surface area contributed by atoms with Crippen molar-refractivity contribution in [2.75, 3.05) is 31.6 Å². The van der Waals surface area contributed by atoms with Crippen LogP contribution in [0.3, 0.4) is 0 Å². The minimum absolute atomic E-state index is 0.0559. The molecule has 0 bridgehead atoms. The molecule has 2 aromatic heterocycles. The minimum atomic E-state index is -1.21. The highest BCUT2D eigenvalue weighted by molar-refractivity contribution is 5.82. The third-order valence-electron chi connectivity index (χ3n) is 5.24. The number of nitrogens with zero attached hydrogens (tertiary/aromatic N) is 4. The van der Waals surface area contributed by atoms with Gasteiger partial charge in [-0.15, -0.1) is 0 Å². The number of aliphatic hydroxyl groups is 2. The van der Waals surface area contributed by atoms with Gasteiger partial charge in [-0.2, -0.15) is 0 Å². The Morgan fingerprint density at radius 1 is 1.27 bits per heavy atom. The van der Waals surface area contributed by atoms with Crippen molar-refractivity contribution in [2.24, 2.45) is 0 Å². The molecule has 4 heterocycles. The molecule has 2 aliphatic rings. The van der Waals surface area contributed by atoms with Crippen molar-refractivity contribution in [2.45, 2.75) is 50.3 Å². The quantitative estimate of drug-likeness (QED) is 0.392. The van der Waals surface area contributed by atoms with Crippen molar-refractivity contribution in [3.05, 3.63) is 12.7 Å². The number of imidazole rings is 1. The highest BCUT2D eigenvalue weighted by atomic mass is 16.6. The zero-order chi connectivity index (χ0) is 21.1. The Morgan fingerprint density at radius 3 is 2.90 bits per heavy atom. The summed E-state index contributed by atoms with van der Waals surface area (Å²) in [5, 5.41) is 29.6. The van der Waals surface area contributed by atoms with Crippen LogP contribution in [0.2, 0.25) is 0 Å². The topological polar surface area (TPSA) is 156 Å². The van der Waals surface area contributed by atoms with Gasteiger partial charge >= 0.3 is 6.03 Å². The van der Waals surface area contributed by atoms with Gasteiger partial charge in [0, 0.05) is 19.7 Å². The number of aromatic nitrogens is 4. The lowest BCUT2D eigenvalue weighted by Crippen LogP contribution is -2.43. The first-order valence-electron chi connectivity index (χ1n) is 10.1. The maximum absolute atomic E-state index is 11.7. The fourth-order valence-corrected chi connectivity index (χ4v) is 3.61. The standard InChI is InChI=1S/C18H27N7O5/c1-2-4-19-18(28)20-6-11-13(26)14(27)17(30-11)25-9-23-12-15(21-8-22-16(12)25)24-10-3-5-29-7-10/h8-11,13-14,17,26-27H,2-7H2,1H3,(H2,19,20,28)(H,21,22,24)/t10-,11-,13+,14-,17-/m1/s1. The summed E-state index contributed by atoms with van der Waals surface area (Å²) in [5.74, 6) is 0.577. The van der Waals surface area contributed by atoms with Crippen LogP contribution in [0, 0.1) is 0 Å². The van der Waals surface area contributed by atoms with E-state index in [2.05, 4.69) is 30.9 Å². The molecule has 4 rings (SSSR count). The highest BCUT2D eigenvalue weighted by Crippen LogP contribution is 2.32. The predicted molar refractivity (Wildman–Crippen MR) is 106 cm³/mol. The van der Waals surface area contributed by atoms with Crippen LogP contribution < -0.4 is 16.0 Å². The Kier molecular flexibility index (Phi) is 6.27. The van der Waals surface area contributed by atoms with Gasteiger partial charge in [-0.05, 0) is 12.8 Å². The van der Waals surface area contributed by atoms with Crippen molar-refractivity contribution in [3.8, 4) is 0 Å². The number of aliphatic hydroxyl groups excluding tert-OH is 2. The molecule has 2 fully saturated rings. The molecule has 0 aliphatic carbocycles. The lowest BCUT2D eigenvalue weighted by atomic mass is 10.1. The summed E-state index contributed by atoms with van der Waals surface area (Å²) in [5.41, 5.74) is 1.01. The molecular weight excluding hydrogens is 394 g/mol. The van der Waals surface area contributed by atoms with Crippen LogP contribution in [0.4, 0.5) is 10.6 Å². The van der Waals surface area contributed by atoms with E-state index in [-0.39, 0.29) is 18.6 Å². The first kappa shape index (κ1) is 20.7. The lowest BCUT2D eigenvalue weighted by Gasteiger charge is -2.17. The highest BCUT2D eigenvalue weighted by Gasteiger charge is 2.44. The van der Waals surface area contributed by atoms with Gasteiger partial charge in [-0.1, -0.05) is 6.92 Å². The molecule has 164 valence electrons. The summed E-state index contributed by atoms with van der Waals surface area (Å²) in [6.45, 7) is 3.86. The first-order chi connectivity index (χ1) is 14.6. The third-order valence-corrected chi connectivity index (χ3v) is 5.24. The summed E-state index contributed by atoms with van der Waals surface area (Å²) in [4.78, 5) is 24.7. The number of amides is 2. The Labute approximate surface area is 173 Å². The van der Waals surface area contributed by atoms with E-state index in [0.29, 0.717) is 36.7 Å². The molecule has 12 nitrogen and oxygen atoms in total. The summed E-state index contributed by atoms with van der Waals surface area (Å²) in [6.07, 6.45) is 0.558. The van der Waals surface area contributed by atoms with Gasteiger partial charge in [0.05, 0.1) is 19.0 Å². The van der Waals surface area contributed by atoms with E-state index < -0.39 is 24.5 Å². The third kappa shape index (κ3) is 4.17. The van der Waals surface area contributed by atoms with Crippen LogP contribution in [0.25, 0.3) is 11.2 Å². The van der Waals surface area contributed by atoms with E-state index in [1.54, 1.807) is 4.57 Å². The number of urea groups is 1. The van der Waals surface area contributed by atoms with E-state index in [4.69, 9.17) is 9.47 Å². The zero-order valence-corrected chi connectivity index (χ0v) is 16.7. The SMILES string of the molecule is CCCNC(=O)NC[C@H]1O[C@@H](n2cnc3c(N[C@@H]4CCOC4)ncnc32)[C@H](O)[C@H]1O. The van der Waals surface area contributed by atoms with Crippen molar-refractivity contribution in [1.29, 1.82) is 0 Å². The van der Waals surface area contributed by atoms with E-state index in [1.165, 1.54) is 12.7 Å². The van der Waals surface area contributed by atoms with E-state index in [1.807, 2.05) is 6.92 Å². The Balaban J connectivity index is 1.47. The van der Waals surface area contributed by atoms with E-state index in [9.17, 15) is 15.0 Å². The van der Waals surface area contributed by atoms with Crippen LogP contribution in [0.5, 0.6) is 0 Å². The number of fused-ring (bicyclic) bond motifs is 1. The molecule has 5 N–H and O–H groups in total. The molecule has 0 unspecified atom stereocenters.